The highest BCUT2D eigenvalue weighted by molar-refractivity contribution is 5.94. The first-order valence-corrected chi connectivity index (χ1v) is 6.35. The van der Waals surface area contributed by atoms with Gasteiger partial charge in [0.1, 0.15) is 0 Å². The molecule has 1 aliphatic heterocycles. The number of rotatable bonds is 1. The Morgan fingerprint density at radius 1 is 1.28 bits per heavy atom. The van der Waals surface area contributed by atoms with Gasteiger partial charge in [0, 0.05) is 24.3 Å². The standard InChI is InChI=1S/C14H20N2O2/c1-14(18)7-2-9-16(10-8-14)13(17)11-3-5-12(15)6-4-11/h3-6,18H,2,7-10,15H2,1H3. The van der Waals surface area contributed by atoms with E-state index in [0.29, 0.717) is 30.8 Å². The van der Waals surface area contributed by atoms with E-state index in [0.717, 1.165) is 12.8 Å². The van der Waals surface area contributed by atoms with Crippen molar-refractivity contribution >= 4 is 11.6 Å². The molecule has 1 amide bonds. The Hall–Kier alpha value is -1.55. The maximum atomic E-state index is 12.3. The third-order valence-electron chi connectivity index (χ3n) is 3.51. The molecule has 18 heavy (non-hydrogen) atoms. The molecule has 1 unspecified atom stereocenters. The van der Waals surface area contributed by atoms with Gasteiger partial charge in [-0.05, 0) is 50.5 Å². The first-order valence-electron chi connectivity index (χ1n) is 6.35. The van der Waals surface area contributed by atoms with Crippen LogP contribution in [-0.2, 0) is 0 Å². The van der Waals surface area contributed by atoms with Crippen LogP contribution >= 0.6 is 0 Å². The molecule has 0 bridgehead atoms. The number of carbonyl (C=O) groups excluding carboxylic acids is 1. The molecule has 0 radical (unpaired) electrons. The van der Waals surface area contributed by atoms with E-state index in [2.05, 4.69) is 0 Å². The summed E-state index contributed by atoms with van der Waals surface area (Å²) in [5, 5.41) is 10.0. The highest BCUT2D eigenvalue weighted by Gasteiger charge is 2.27. The lowest BCUT2D eigenvalue weighted by Crippen LogP contribution is -2.33. The zero-order chi connectivity index (χ0) is 13.2. The molecule has 1 aromatic carbocycles. The topological polar surface area (TPSA) is 66.6 Å². The maximum Gasteiger partial charge on any atom is 0.253 e. The molecule has 1 fully saturated rings. The minimum Gasteiger partial charge on any atom is -0.399 e. The monoisotopic (exact) mass is 248 g/mol. The molecule has 2 rings (SSSR count). The number of hydrogen-bond acceptors (Lipinski definition) is 3. The van der Waals surface area contributed by atoms with E-state index >= 15 is 0 Å². The summed E-state index contributed by atoms with van der Waals surface area (Å²) in [7, 11) is 0. The number of carbonyl (C=O) groups is 1. The van der Waals surface area contributed by atoms with Crippen molar-refractivity contribution in [2.45, 2.75) is 31.8 Å². The Labute approximate surface area is 107 Å². The van der Waals surface area contributed by atoms with Crippen molar-refractivity contribution in [2.24, 2.45) is 0 Å². The summed E-state index contributed by atoms with van der Waals surface area (Å²) in [6, 6.07) is 6.98. The van der Waals surface area contributed by atoms with Crippen molar-refractivity contribution in [3.05, 3.63) is 29.8 Å². The van der Waals surface area contributed by atoms with E-state index in [9.17, 15) is 9.90 Å². The highest BCUT2D eigenvalue weighted by atomic mass is 16.3. The molecule has 0 aliphatic carbocycles. The molecule has 4 nitrogen and oxygen atoms in total. The molecule has 1 aliphatic rings. The van der Waals surface area contributed by atoms with E-state index in [-0.39, 0.29) is 5.91 Å². The predicted molar refractivity (Wildman–Crippen MR) is 71.2 cm³/mol. The van der Waals surface area contributed by atoms with Gasteiger partial charge in [-0.25, -0.2) is 0 Å². The summed E-state index contributed by atoms with van der Waals surface area (Å²) in [6.07, 6.45) is 2.22. The van der Waals surface area contributed by atoms with Crippen molar-refractivity contribution in [3.63, 3.8) is 0 Å². The predicted octanol–water partition coefficient (Wildman–Crippen LogP) is 1.65. The fourth-order valence-electron chi connectivity index (χ4n) is 2.27. The number of nitrogens with two attached hydrogens (primary N) is 1. The van der Waals surface area contributed by atoms with Crippen LogP contribution in [0.3, 0.4) is 0 Å². The van der Waals surface area contributed by atoms with Crippen molar-refractivity contribution < 1.29 is 9.90 Å². The third kappa shape index (κ3) is 3.01. The molecule has 0 saturated carbocycles. The Kier molecular flexibility index (Phi) is 3.57. The van der Waals surface area contributed by atoms with Gasteiger partial charge in [-0.3, -0.25) is 4.79 Å². The van der Waals surface area contributed by atoms with Gasteiger partial charge in [0.2, 0.25) is 0 Å². The second-order valence-corrected chi connectivity index (χ2v) is 5.26. The minimum atomic E-state index is -0.643. The highest BCUT2D eigenvalue weighted by Crippen LogP contribution is 2.22. The fraction of sp³-hybridized carbons (Fsp3) is 0.500. The van der Waals surface area contributed by atoms with Crippen LogP contribution in [0.2, 0.25) is 0 Å². The van der Waals surface area contributed by atoms with Crippen LogP contribution in [0.4, 0.5) is 5.69 Å². The molecule has 4 heteroatoms. The van der Waals surface area contributed by atoms with Gasteiger partial charge in [0.25, 0.3) is 5.91 Å². The second-order valence-electron chi connectivity index (χ2n) is 5.26. The number of nitrogens with zero attached hydrogens (tertiary/aromatic N) is 1. The van der Waals surface area contributed by atoms with Crippen molar-refractivity contribution in [3.8, 4) is 0 Å². The minimum absolute atomic E-state index is 0.0210. The normalized spacial score (nSPS) is 24.7. The van der Waals surface area contributed by atoms with Crippen LogP contribution in [0.25, 0.3) is 0 Å². The molecular weight excluding hydrogens is 228 g/mol. The van der Waals surface area contributed by atoms with Crippen molar-refractivity contribution in [2.75, 3.05) is 18.8 Å². The van der Waals surface area contributed by atoms with Gasteiger partial charge in [0.15, 0.2) is 0 Å². The van der Waals surface area contributed by atoms with E-state index in [1.807, 2.05) is 11.8 Å². The van der Waals surface area contributed by atoms with Crippen LogP contribution in [0.15, 0.2) is 24.3 Å². The Morgan fingerprint density at radius 3 is 2.61 bits per heavy atom. The number of anilines is 1. The molecule has 1 heterocycles. The Bertz CT molecular complexity index is 426. The number of aliphatic hydroxyl groups is 1. The average molecular weight is 248 g/mol. The maximum absolute atomic E-state index is 12.3. The average Bonchev–Trinajstić information content (AvgIpc) is 2.50. The molecule has 0 spiro atoms. The smallest absolute Gasteiger partial charge is 0.253 e. The first kappa shape index (κ1) is 12.9. The summed E-state index contributed by atoms with van der Waals surface area (Å²) in [5.41, 5.74) is 6.28. The number of hydrogen-bond donors (Lipinski definition) is 2. The lowest BCUT2D eigenvalue weighted by atomic mass is 9.98. The number of nitrogen functional groups attached to an aromatic ring is 1. The Morgan fingerprint density at radius 2 is 1.94 bits per heavy atom. The zero-order valence-electron chi connectivity index (χ0n) is 10.7. The molecular formula is C14H20N2O2. The largest absolute Gasteiger partial charge is 0.399 e. The van der Waals surface area contributed by atoms with Gasteiger partial charge in [-0.15, -0.1) is 0 Å². The van der Waals surface area contributed by atoms with E-state index in [1.54, 1.807) is 24.3 Å². The third-order valence-corrected chi connectivity index (χ3v) is 3.51. The fourth-order valence-corrected chi connectivity index (χ4v) is 2.27. The molecule has 1 saturated heterocycles. The van der Waals surface area contributed by atoms with Gasteiger partial charge in [-0.2, -0.15) is 0 Å². The van der Waals surface area contributed by atoms with Crippen LogP contribution < -0.4 is 5.73 Å². The molecule has 98 valence electrons. The molecule has 0 aromatic heterocycles. The zero-order valence-corrected chi connectivity index (χ0v) is 10.7. The number of benzene rings is 1. The quantitative estimate of drug-likeness (QED) is 0.743. The SMILES string of the molecule is CC1(O)CCCN(C(=O)c2ccc(N)cc2)CC1. The molecule has 1 atom stereocenters. The summed E-state index contributed by atoms with van der Waals surface area (Å²) < 4.78 is 0. The lowest BCUT2D eigenvalue weighted by Gasteiger charge is -2.22. The van der Waals surface area contributed by atoms with Crippen molar-refractivity contribution in [1.82, 2.24) is 4.90 Å². The van der Waals surface area contributed by atoms with Crippen molar-refractivity contribution in [1.29, 1.82) is 0 Å². The lowest BCUT2D eigenvalue weighted by molar-refractivity contribution is 0.0438. The van der Waals surface area contributed by atoms with Crippen LogP contribution in [0, 0.1) is 0 Å². The summed E-state index contributed by atoms with van der Waals surface area (Å²) in [5.74, 6) is 0.0210. The Balaban J connectivity index is 2.07. The van der Waals surface area contributed by atoms with Crippen LogP contribution in [0.1, 0.15) is 36.5 Å². The van der Waals surface area contributed by atoms with E-state index in [4.69, 9.17) is 5.73 Å². The van der Waals surface area contributed by atoms with Gasteiger partial charge >= 0.3 is 0 Å². The van der Waals surface area contributed by atoms with Crippen LogP contribution in [-0.4, -0.2) is 34.6 Å². The van der Waals surface area contributed by atoms with E-state index < -0.39 is 5.60 Å². The summed E-state index contributed by atoms with van der Waals surface area (Å²) in [4.78, 5) is 14.1. The number of amides is 1. The molecule has 3 N–H and O–H groups in total. The first-order chi connectivity index (χ1) is 8.48. The van der Waals surface area contributed by atoms with Gasteiger partial charge in [-0.1, -0.05) is 0 Å². The summed E-state index contributed by atoms with van der Waals surface area (Å²) in [6.45, 7) is 3.15. The number of likely N-dealkylation sites (tertiary alicyclic amines) is 1. The second kappa shape index (κ2) is 4.98. The van der Waals surface area contributed by atoms with Crippen LogP contribution in [0.5, 0.6) is 0 Å². The van der Waals surface area contributed by atoms with Gasteiger partial charge in [0.05, 0.1) is 5.60 Å². The van der Waals surface area contributed by atoms with Gasteiger partial charge < -0.3 is 15.7 Å². The summed E-state index contributed by atoms with van der Waals surface area (Å²) >= 11 is 0. The molecule has 1 aromatic rings. The van der Waals surface area contributed by atoms with E-state index in [1.165, 1.54) is 0 Å².